The monoisotopic (exact) mass is 307 g/mol. The van der Waals surface area contributed by atoms with Crippen molar-refractivity contribution < 1.29 is 8.91 Å². The van der Waals surface area contributed by atoms with Gasteiger partial charge in [-0.3, -0.25) is 0 Å². The van der Waals surface area contributed by atoms with Gasteiger partial charge in [0.2, 0.25) is 5.89 Å². The van der Waals surface area contributed by atoms with Crippen LogP contribution in [0.2, 0.25) is 0 Å². The molecule has 3 rings (SSSR count). The molecule has 1 aliphatic rings. The third-order valence-corrected chi connectivity index (χ3v) is 5.00. The van der Waals surface area contributed by atoms with E-state index in [0.717, 1.165) is 19.3 Å². The van der Waals surface area contributed by atoms with Gasteiger partial charge in [0, 0.05) is 10.8 Å². The highest BCUT2D eigenvalue weighted by atomic mass is 32.2. The fraction of sp³-hybridized carbons (Fsp3) is 0.467. The van der Waals surface area contributed by atoms with Crippen molar-refractivity contribution in [2.75, 3.05) is 6.54 Å². The average molecular weight is 307 g/mol. The summed E-state index contributed by atoms with van der Waals surface area (Å²) in [5.41, 5.74) is 5.78. The Bertz CT molecular complexity index is 604. The summed E-state index contributed by atoms with van der Waals surface area (Å²) >= 11 is 1.38. The van der Waals surface area contributed by atoms with Crippen LogP contribution in [0.15, 0.2) is 33.7 Å². The van der Waals surface area contributed by atoms with Crippen LogP contribution in [0, 0.1) is 11.7 Å². The van der Waals surface area contributed by atoms with E-state index in [0.29, 0.717) is 34.8 Å². The Morgan fingerprint density at radius 1 is 1.33 bits per heavy atom. The second-order valence-corrected chi connectivity index (χ2v) is 6.32. The number of hydrogen-bond acceptors (Lipinski definition) is 5. The van der Waals surface area contributed by atoms with Crippen molar-refractivity contribution in [3.05, 3.63) is 41.8 Å². The summed E-state index contributed by atoms with van der Waals surface area (Å²) in [5.74, 6) is 2.32. The van der Waals surface area contributed by atoms with Crippen LogP contribution >= 0.6 is 11.8 Å². The fourth-order valence-electron chi connectivity index (χ4n) is 2.82. The molecule has 112 valence electrons. The number of aromatic nitrogens is 2. The van der Waals surface area contributed by atoms with E-state index in [-0.39, 0.29) is 11.7 Å². The van der Waals surface area contributed by atoms with Gasteiger partial charge in [-0.25, -0.2) is 4.39 Å². The molecule has 4 nitrogen and oxygen atoms in total. The molecular weight excluding hydrogens is 289 g/mol. The third-order valence-electron chi connectivity index (χ3n) is 3.96. The van der Waals surface area contributed by atoms with Crippen molar-refractivity contribution >= 4 is 11.8 Å². The quantitative estimate of drug-likeness (QED) is 0.858. The van der Waals surface area contributed by atoms with Crippen molar-refractivity contribution in [1.29, 1.82) is 0 Å². The number of halogens is 1. The summed E-state index contributed by atoms with van der Waals surface area (Å²) in [6.45, 7) is 0.659. The second kappa shape index (κ2) is 6.58. The smallest absolute Gasteiger partial charge is 0.230 e. The van der Waals surface area contributed by atoms with Gasteiger partial charge >= 0.3 is 0 Å². The van der Waals surface area contributed by atoms with Crippen LogP contribution in [0.25, 0.3) is 0 Å². The van der Waals surface area contributed by atoms with Gasteiger partial charge < -0.3 is 10.3 Å². The lowest BCUT2D eigenvalue weighted by Crippen LogP contribution is -2.17. The Kier molecular flexibility index (Phi) is 4.55. The maximum Gasteiger partial charge on any atom is 0.230 e. The van der Waals surface area contributed by atoms with Crippen LogP contribution in [0.5, 0.6) is 0 Å². The molecule has 1 aromatic carbocycles. The standard InChI is InChI=1S/C15H18FN3OS/c16-12-6-1-2-7-13(12)21-9-14-18-15(20-19-14)11-5-3-4-10(11)8-17/h1-2,6-7,10-11H,3-5,8-9,17H2. The van der Waals surface area contributed by atoms with Gasteiger partial charge in [-0.05, 0) is 37.4 Å². The van der Waals surface area contributed by atoms with Gasteiger partial charge in [-0.2, -0.15) is 4.98 Å². The van der Waals surface area contributed by atoms with Gasteiger partial charge in [0.15, 0.2) is 5.82 Å². The van der Waals surface area contributed by atoms with E-state index >= 15 is 0 Å². The normalized spacial score (nSPS) is 21.8. The number of nitrogens with zero attached hydrogens (tertiary/aromatic N) is 2. The summed E-state index contributed by atoms with van der Waals surface area (Å²) < 4.78 is 18.9. The van der Waals surface area contributed by atoms with E-state index in [4.69, 9.17) is 10.3 Å². The van der Waals surface area contributed by atoms with E-state index in [1.54, 1.807) is 12.1 Å². The largest absolute Gasteiger partial charge is 0.339 e. The predicted octanol–water partition coefficient (Wildman–Crippen LogP) is 3.34. The fourth-order valence-corrected chi connectivity index (χ4v) is 3.61. The summed E-state index contributed by atoms with van der Waals surface area (Å²) in [7, 11) is 0. The molecule has 0 amide bonds. The molecule has 0 aliphatic heterocycles. The molecule has 2 N–H and O–H groups in total. The molecule has 0 bridgehead atoms. The van der Waals surface area contributed by atoms with Crippen LogP contribution < -0.4 is 5.73 Å². The van der Waals surface area contributed by atoms with Gasteiger partial charge in [-0.1, -0.05) is 23.7 Å². The average Bonchev–Trinajstić information content (AvgIpc) is 3.14. The van der Waals surface area contributed by atoms with Gasteiger partial charge in [0.1, 0.15) is 5.82 Å². The van der Waals surface area contributed by atoms with Crippen LogP contribution in [-0.4, -0.2) is 16.7 Å². The molecule has 1 heterocycles. The first kappa shape index (κ1) is 14.5. The number of rotatable bonds is 5. The molecule has 2 atom stereocenters. The van der Waals surface area contributed by atoms with Crippen LogP contribution in [0.4, 0.5) is 4.39 Å². The molecule has 1 saturated carbocycles. The summed E-state index contributed by atoms with van der Waals surface area (Å²) in [6, 6.07) is 6.70. The zero-order valence-corrected chi connectivity index (χ0v) is 12.5. The zero-order chi connectivity index (χ0) is 14.7. The molecular formula is C15H18FN3OS. The van der Waals surface area contributed by atoms with E-state index in [2.05, 4.69) is 10.1 Å². The zero-order valence-electron chi connectivity index (χ0n) is 11.7. The molecule has 1 aromatic heterocycles. The number of benzene rings is 1. The number of hydrogen-bond donors (Lipinski definition) is 1. The summed E-state index contributed by atoms with van der Waals surface area (Å²) in [6.07, 6.45) is 3.35. The van der Waals surface area contributed by atoms with Gasteiger partial charge in [-0.15, -0.1) is 11.8 Å². The van der Waals surface area contributed by atoms with Crippen molar-refractivity contribution in [1.82, 2.24) is 10.1 Å². The van der Waals surface area contributed by atoms with E-state index < -0.39 is 0 Å². The topological polar surface area (TPSA) is 64.9 Å². The molecule has 0 saturated heterocycles. The maximum absolute atomic E-state index is 13.5. The van der Waals surface area contributed by atoms with E-state index in [1.807, 2.05) is 6.07 Å². The predicted molar refractivity (Wildman–Crippen MR) is 79.4 cm³/mol. The lowest BCUT2D eigenvalue weighted by molar-refractivity contribution is 0.324. The molecule has 0 radical (unpaired) electrons. The van der Waals surface area contributed by atoms with Crippen LogP contribution in [0.3, 0.4) is 0 Å². The molecule has 2 unspecified atom stereocenters. The Morgan fingerprint density at radius 2 is 2.19 bits per heavy atom. The summed E-state index contributed by atoms with van der Waals surface area (Å²) in [5, 5.41) is 4.00. The SMILES string of the molecule is NCC1CCCC1c1nc(CSc2ccccc2F)no1. The van der Waals surface area contributed by atoms with Crippen molar-refractivity contribution in [3.8, 4) is 0 Å². The molecule has 1 fully saturated rings. The highest BCUT2D eigenvalue weighted by molar-refractivity contribution is 7.98. The highest BCUT2D eigenvalue weighted by Crippen LogP contribution is 2.38. The number of nitrogens with two attached hydrogens (primary N) is 1. The van der Waals surface area contributed by atoms with E-state index in [9.17, 15) is 4.39 Å². The summed E-state index contributed by atoms with van der Waals surface area (Å²) in [4.78, 5) is 5.06. The minimum Gasteiger partial charge on any atom is -0.339 e. The molecule has 0 spiro atoms. The Labute approximate surface area is 127 Å². The molecule has 2 aromatic rings. The van der Waals surface area contributed by atoms with E-state index in [1.165, 1.54) is 17.8 Å². The first-order chi connectivity index (χ1) is 10.3. The molecule has 21 heavy (non-hydrogen) atoms. The number of thioether (sulfide) groups is 1. The van der Waals surface area contributed by atoms with Crippen LogP contribution in [-0.2, 0) is 5.75 Å². The molecule has 1 aliphatic carbocycles. The first-order valence-electron chi connectivity index (χ1n) is 7.18. The minimum absolute atomic E-state index is 0.217. The third kappa shape index (κ3) is 3.27. The second-order valence-electron chi connectivity index (χ2n) is 5.30. The van der Waals surface area contributed by atoms with Crippen molar-refractivity contribution in [3.63, 3.8) is 0 Å². The maximum atomic E-state index is 13.5. The minimum atomic E-state index is -0.217. The lowest BCUT2D eigenvalue weighted by Gasteiger charge is -2.12. The van der Waals surface area contributed by atoms with Gasteiger partial charge in [0.05, 0.1) is 5.75 Å². The Balaban J connectivity index is 1.64. The Morgan fingerprint density at radius 3 is 3.00 bits per heavy atom. The highest BCUT2D eigenvalue weighted by Gasteiger charge is 2.31. The lowest BCUT2D eigenvalue weighted by atomic mass is 9.96. The molecule has 6 heteroatoms. The Hall–Kier alpha value is -1.40. The van der Waals surface area contributed by atoms with Crippen LogP contribution in [0.1, 0.15) is 36.9 Å². The van der Waals surface area contributed by atoms with Crippen molar-refractivity contribution in [2.45, 2.75) is 35.8 Å². The van der Waals surface area contributed by atoms with Gasteiger partial charge in [0.25, 0.3) is 0 Å². The van der Waals surface area contributed by atoms with Crippen molar-refractivity contribution in [2.24, 2.45) is 11.7 Å². The first-order valence-corrected chi connectivity index (χ1v) is 8.16.